The summed E-state index contributed by atoms with van der Waals surface area (Å²) in [4.78, 5) is 34.1. The van der Waals surface area contributed by atoms with Crippen LogP contribution in [-0.4, -0.2) is 43.2 Å². The number of benzene rings is 2. The first kappa shape index (κ1) is 19.5. The molecule has 0 bridgehead atoms. The number of carboxylic acid groups (broad SMARTS) is 1. The molecule has 0 aliphatic rings. The molecule has 2 aromatic rings. The Balaban J connectivity index is 2.47. The largest absolute Gasteiger partial charge is 0.493 e. The van der Waals surface area contributed by atoms with Gasteiger partial charge in [-0.15, -0.1) is 0 Å². The zero-order valence-electron chi connectivity index (χ0n) is 14.6. The first-order valence-electron chi connectivity index (χ1n) is 7.45. The molecule has 0 aliphatic carbocycles. The average molecular weight is 376 g/mol. The minimum absolute atomic E-state index is 0.0690. The summed E-state index contributed by atoms with van der Waals surface area (Å²) in [5.41, 5.74) is -0.834. The molecule has 10 nitrogen and oxygen atoms in total. The monoisotopic (exact) mass is 376 g/mol. The van der Waals surface area contributed by atoms with Crippen LogP contribution in [0.25, 0.3) is 0 Å². The highest BCUT2D eigenvalue weighted by molar-refractivity contribution is 6.06. The van der Waals surface area contributed by atoms with Gasteiger partial charge in [0, 0.05) is 11.6 Å². The van der Waals surface area contributed by atoms with E-state index in [1.807, 2.05) is 0 Å². The van der Waals surface area contributed by atoms with Crippen LogP contribution in [-0.2, 0) is 0 Å². The Morgan fingerprint density at radius 1 is 1.00 bits per heavy atom. The first-order valence-corrected chi connectivity index (χ1v) is 7.45. The van der Waals surface area contributed by atoms with Gasteiger partial charge < -0.3 is 24.6 Å². The van der Waals surface area contributed by atoms with Crippen LogP contribution in [0, 0.1) is 10.1 Å². The number of ether oxygens (including phenoxy) is 3. The first-order chi connectivity index (χ1) is 12.8. The number of rotatable bonds is 7. The van der Waals surface area contributed by atoms with Crippen molar-refractivity contribution in [3.63, 3.8) is 0 Å². The zero-order valence-corrected chi connectivity index (χ0v) is 14.6. The summed E-state index contributed by atoms with van der Waals surface area (Å²) in [5.74, 6) is -1.30. The van der Waals surface area contributed by atoms with Crippen molar-refractivity contribution >= 4 is 23.3 Å². The molecule has 0 saturated heterocycles. The number of carbonyl (C=O) groups excluding carboxylic acids is 1. The van der Waals surface area contributed by atoms with Crippen LogP contribution in [0.5, 0.6) is 17.2 Å². The molecule has 2 aromatic carbocycles. The topological polar surface area (TPSA) is 137 Å². The highest BCUT2D eigenvalue weighted by Gasteiger charge is 2.21. The summed E-state index contributed by atoms with van der Waals surface area (Å²) in [7, 11) is 4.15. The van der Waals surface area contributed by atoms with Crippen molar-refractivity contribution in [2.75, 3.05) is 26.6 Å². The molecule has 27 heavy (non-hydrogen) atoms. The fourth-order valence-electron chi connectivity index (χ4n) is 2.34. The van der Waals surface area contributed by atoms with Gasteiger partial charge in [-0.25, -0.2) is 4.79 Å². The second-order valence-corrected chi connectivity index (χ2v) is 5.16. The molecule has 0 radical (unpaired) electrons. The Morgan fingerprint density at radius 3 is 2.04 bits per heavy atom. The van der Waals surface area contributed by atoms with E-state index in [1.54, 1.807) is 0 Å². The zero-order chi connectivity index (χ0) is 20.1. The van der Waals surface area contributed by atoms with E-state index < -0.39 is 22.5 Å². The van der Waals surface area contributed by atoms with Gasteiger partial charge in [-0.05, 0) is 24.3 Å². The van der Waals surface area contributed by atoms with Gasteiger partial charge >= 0.3 is 5.97 Å². The molecule has 10 heteroatoms. The summed E-state index contributed by atoms with van der Waals surface area (Å²) >= 11 is 0. The predicted octanol–water partition coefficient (Wildman–Crippen LogP) is 2.57. The van der Waals surface area contributed by atoms with Crippen molar-refractivity contribution in [2.45, 2.75) is 0 Å². The summed E-state index contributed by atoms with van der Waals surface area (Å²) in [6, 6.07) is 5.83. The molecular formula is C17H16N2O8. The Labute approximate surface area is 153 Å². The maximum Gasteiger partial charge on any atom is 0.335 e. The third-order valence-electron chi connectivity index (χ3n) is 3.62. The molecule has 0 aromatic heterocycles. The van der Waals surface area contributed by atoms with Crippen LogP contribution < -0.4 is 19.5 Å². The van der Waals surface area contributed by atoms with Crippen LogP contribution in [0.2, 0.25) is 0 Å². The van der Waals surface area contributed by atoms with Gasteiger partial charge in [0.05, 0.1) is 31.8 Å². The highest BCUT2D eigenvalue weighted by Crippen LogP contribution is 2.38. The third kappa shape index (κ3) is 4.06. The number of anilines is 1. The van der Waals surface area contributed by atoms with Crippen LogP contribution in [0.15, 0.2) is 30.3 Å². The van der Waals surface area contributed by atoms with E-state index in [-0.39, 0.29) is 34.1 Å². The molecule has 142 valence electrons. The van der Waals surface area contributed by atoms with Crippen molar-refractivity contribution in [3.8, 4) is 17.2 Å². The maximum absolute atomic E-state index is 12.6. The fourth-order valence-corrected chi connectivity index (χ4v) is 2.34. The number of amides is 1. The summed E-state index contributed by atoms with van der Waals surface area (Å²) in [5, 5.41) is 22.6. The number of nitro groups is 1. The minimum Gasteiger partial charge on any atom is -0.493 e. The lowest BCUT2D eigenvalue weighted by Gasteiger charge is -2.14. The van der Waals surface area contributed by atoms with Gasteiger partial charge in [0.1, 0.15) is 5.69 Å². The average Bonchev–Trinajstić information content (AvgIpc) is 2.66. The van der Waals surface area contributed by atoms with Crippen molar-refractivity contribution in [3.05, 3.63) is 51.6 Å². The summed E-state index contributed by atoms with van der Waals surface area (Å²) < 4.78 is 15.5. The van der Waals surface area contributed by atoms with Crippen LogP contribution >= 0.6 is 0 Å². The van der Waals surface area contributed by atoms with E-state index in [0.717, 1.165) is 18.2 Å². The van der Waals surface area contributed by atoms with Crippen molar-refractivity contribution in [1.29, 1.82) is 0 Å². The lowest BCUT2D eigenvalue weighted by Crippen LogP contribution is -2.14. The maximum atomic E-state index is 12.6. The quantitative estimate of drug-likeness (QED) is 0.555. The van der Waals surface area contributed by atoms with Crippen molar-refractivity contribution < 1.29 is 33.8 Å². The second-order valence-electron chi connectivity index (χ2n) is 5.16. The molecular weight excluding hydrogens is 360 g/mol. The van der Waals surface area contributed by atoms with Gasteiger partial charge in [0.2, 0.25) is 5.75 Å². The van der Waals surface area contributed by atoms with E-state index in [0.29, 0.717) is 0 Å². The number of carboxylic acids is 1. The molecule has 0 atom stereocenters. The normalized spacial score (nSPS) is 10.0. The number of carbonyl (C=O) groups is 2. The number of aromatic carboxylic acids is 1. The Kier molecular flexibility index (Phi) is 5.81. The molecule has 2 N–H and O–H groups in total. The smallest absolute Gasteiger partial charge is 0.335 e. The lowest BCUT2D eigenvalue weighted by atomic mass is 10.1. The molecule has 2 rings (SSSR count). The SMILES string of the molecule is COc1cc(C(=O)Nc2cc(C(=O)O)ccc2[N+](=O)[O-])cc(OC)c1OC. The number of methoxy groups -OCH3 is 3. The fraction of sp³-hybridized carbons (Fsp3) is 0.176. The molecule has 0 fully saturated rings. The number of nitro benzene ring substituents is 1. The molecule has 0 unspecified atom stereocenters. The van der Waals surface area contributed by atoms with Crippen LogP contribution in [0.3, 0.4) is 0 Å². The predicted molar refractivity (Wildman–Crippen MR) is 94.1 cm³/mol. The Morgan fingerprint density at radius 2 is 1.59 bits per heavy atom. The molecule has 0 saturated carbocycles. The van der Waals surface area contributed by atoms with Gasteiger partial charge in [-0.1, -0.05) is 0 Å². The van der Waals surface area contributed by atoms with E-state index >= 15 is 0 Å². The van der Waals surface area contributed by atoms with E-state index in [4.69, 9.17) is 19.3 Å². The van der Waals surface area contributed by atoms with Crippen LogP contribution in [0.1, 0.15) is 20.7 Å². The third-order valence-corrected chi connectivity index (χ3v) is 3.62. The van der Waals surface area contributed by atoms with Gasteiger partial charge in [0.15, 0.2) is 11.5 Å². The molecule has 0 heterocycles. The summed E-state index contributed by atoms with van der Waals surface area (Å²) in [6.45, 7) is 0. The number of hydrogen-bond donors (Lipinski definition) is 2. The van der Waals surface area contributed by atoms with Crippen LogP contribution in [0.4, 0.5) is 11.4 Å². The van der Waals surface area contributed by atoms with Crippen molar-refractivity contribution in [2.24, 2.45) is 0 Å². The van der Waals surface area contributed by atoms with E-state index in [2.05, 4.69) is 5.32 Å². The van der Waals surface area contributed by atoms with Gasteiger partial charge in [-0.3, -0.25) is 14.9 Å². The number of nitrogens with one attached hydrogen (secondary N) is 1. The molecule has 0 spiro atoms. The highest BCUT2D eigenvalue weighted by atomic mass is 16.6. The lowest BCUT2D eigenvalue weighted by molar-refractivity contribution is -0.383. The number of nitrogens with zero attached hydrogens (tertiary/aromatic N) is 1. The molecule has 1 amide bonds. The second kappa shape index (κ2) is 8.04. The van der Waals surface area contributed by atoms with E-state index in [9.17, 15) is 19.7 Å². The Hall–Kier alpha value is -3.82. The molecule has 0 aliphatic heterocycles. The Bertz CT molecular complexity index is 885. The van der Waals surface area contributed by atoms with Gasteiger partial charge in [0.25, 0.3) is 11.6 Å². The minimum atomic E-state index is -1.28. The van der Waals surface area contributed by atoms with E-state index in [1.165, 1.54) is 33.5 Å². The van der Waals surface area contributed by atoms with Gasteiger partial charge in [-0.2, -0.15) is 0 Å². The van der Waals surface area contributed by atoms with Crippen molar-refractivity contribution in [1.82, 2.24) is 0 Å². The summed E-state index contributed by atoms with van der Waals surface area (Å²) in [6.07, 6.45) is 0. The number of hydrogen-bond acceptors (Lipinski definition) is 7. The standard InChI is InChI=1S/C17H16N2O8/c1-25-13-7-10(8-14(26-2)15(13)27-3)16(20)18-11-6-9(17(21)22)4-5-12(11)19(23)24/h4-8H,1-3H3,(H,18,20)(H,21,22).